The summed E-state index contributed by atoms with van der Waals surface area (Å²) in [6.45, 7) is 7.83. The molecule has 1 amide bonds. The lowest BCUT2D eigenvalue weighted by atomic mass is 9.97. The first-order valence-corrected chi connectivity index (χ1v) is 7.25. The number of halogens is 1. The summed E-state index contributed by atoms with van der Waals surface area (Å²) in [6.07, 6.45) is 1.79. The Morgan fingerprint density at radius 1 is 1.24 bits per heavy atom. The van der Waals surface area contributed by atoms with E-state index in [2.05, 4.69) is 10.6 Å². The summed E-state index contributed by atoms with van der Waals surface area (Å²) in [6, 6.07) is 7.61. The molecule has 1 heterocycles. The van der Waals surface area contributed by atoms with Crippen LogP contribution in [0.25, 0.3) is 0 Å². The Morgan fingerprint density at radius 3 is 2.48 bits per heavy atom. The molecule has 0 atom stereocenters. The molecule has 5 heteroatoms. The molecule has 0 spiro atoms. The maximum atomic E-state index is 12.3. The van der Waals surface area contributed by atoms with Crippen molar-refractivity contribution >= 4 is 24.0 Å². The highest BCUT2D eigenvalue weighted by atomic mass is 35.5. The van der Waals surface area contributed by atoms with E-state index in [9.17, 15) is 4.79 Å². The summed E-state index contributed by atoms with van der Waals surface area (Å²) >= 11 is 0. The van der Waals surface area contributed by atoms with E-state index < -0.39 is 0 Å². The number of rotatable bonds is 3. The van der Waals surface area contributed by atoms with E-state index in [1.54, 1.807) is 0 Å². The first-order chi connectivity index (χ1) is 9.46. The first-order valence-electron chi connectivity index (χ1n) is 7.25. The summed E-state index contributed by atoms with van der Waals surface area (Å²) in [7, 11) is 0. The van der Waals surface area contributed by atoms with E-state index >= 15 is 0 Å². The average molecular weight is 313 g/mol. The Bertz CT molecular complexity index is 466. The van der Waals surface area contributed by atoms with Crippen LogP contribution in [0.3, 0.4) is 0 Å². The summed E-state index contributed by atoms with van der Waals surface area (Å²) in [5.74, 6) is 0.915. The van der Waals surface area contributed by atoms with E-state index in [1.165, 1.54) is 0 Å². The van der Waals surface area contributed by atoms with Crippen LogP contribution in [0.5, 0.6) is 5.75 Å². The number of anilines is 1. The molecule has 0 saturated carbocycles. The summed E-state index contributed by atoms with van der Waals surface area (Å²) in [4.78, 5) is 12.3. The number of hydrogen-bond acceptors (Lipinski definition) is 3. The van der Waals surface area contributed by atoms with Gasteiger partial charge in [0.1, 0.15) is 11.4 Å². The van der Waals surface area contributed by atoms with Crippen LogP contribution >= 0.6 is 12.4 Å². The van der Waals surface area contributed by atoms with Gasteiger partial charge in [-0.05, 0) is 58.8 Å². The van der Waals surface area contributed by atoms with E-state index in [4.69, 9.17) is 4.74 Å². The maximum Gasteiger partial charge on any atom is 0.227 e. The molecule has 0 aliphatic carbocycles. The molecular weight excluding hydrogens is 288 g/mol. The van der Waals surface area contributed by atoms with Crippen molar-refractivity contribution in [1.29, 1.82) is 0 Å². The maximum absolute atomic E-state index is 12.3. The largest absolute Gasteiger partial charge is 0.486 e. The zero-order valence-electron chi connectivity index (χ0n) is 12.9. The van der Waals surface area contributed by atoms with Gasteiger partial charge in [0.2, 0.25) is 5.91 Å². The molecule has 0 unspecified atom stereocenters. The topological polar surface area (TPSA) is 50.4 Å². The van der Waals surface area contributed by atoms with Crippen LogP contribution in [-0.4, -0.2) is 24.6 Å². The minimum Gasteiger partial charge on any atom is -0.486 e. The van der Waals surface area contributed by atoms with E-state index in [1.807, 2.05) is 45.0 Å². The molecule has 1 aromatic carbocycles. The van der Waals surface area contributed by atoms with Gasteiger partial charge in [-0.15, -0.1) is 12.4 Å². The normalized spacial score (nSPS) is 16.0. The molecule has 1 aliphatic rings. The molecule has 0 aromatic heterocycles. The van der Waals surface area contributed by atoms with E-state index in [0.717, 1.165) is 37.4 Å². The molecule has 2 rings (SSSR count). The van der Waals surface area contributed by atoms with Gasteiger partial charge in [-0.1, -0.05) is 12.1 Å². The second kappa shape index (κ2) is 7.66. The van der Waals surface area contributed by atoms with E-state index in [-0.39, 0.29) is 29.8 Å². The van der Waals surface area contributed by atoms with Crippen molar-refractivity contribution in [1.82, 2.24) is 5.32 Å². The van der Waals surface area contributed by atoms with Crippen LogP contribution in [0.1, 0.15) is 33.6 Å². The number of carbonyl (C=O) groups is 1. The first kappa shape index (κ1) is 17.8. The summed E-state index contributed by atoms with van der Waals surface area (Å²) < 4.78 is 5.89. The molecule has 1 aromatic rings. The zero-order chi connectivity index (χ0) is 14.6. The number of nitrogens with one attached hydrogen (secondary N) is 2. The Kier molecular flexibility index (Phi) is 6.49. The van der Waals surface area contributed by atoms with Crippen molar-refractivity contribution in [3.05, 3.63) is 24.3 Å². The van der Waals surface area contributed by atoms with Crippen LogP contribution in [-0.2, 0) is 4.79 Å². The Balaban J connectivity index is 0.00000220. The fourth-order valence-corrected chi connectivity index (χ4v) is 2.31. The molecule has 0 bridgehead atoms. The Hall–Kier alpha value is -1.26. The van der Waals surface area contributed by atoms with Gasteiger partial charge in [0.25, 0.3) is 0 Å². The number of piperidine rings is 1. The van der Waals surface area contributed by atoms with Crippen molar-refractivity contribution in [2.75, 3.05) is 18.4 Å². The van der Waals surface area contributed by atoms with Crippen molar-refractivity contribution < 1.29 is 9.53 Å². The molecule has 0 radical (unpaired) electrons. The minimum atomic E-state index is -0.282. The van der Waals surface area contributed by atoms with Crippen LogP contribution in [0.4, 0.5) is 5.69 Å². The number of benzene rings is 1. The van der Waals surface area contributed by atoms with Gasteiger partial charge in [-0.2, -0.15) is 0 Å². The van der Waals surface area contributed by atoms with Gasteiger partial charge in [0, 0.05) is 5.92 Å². The van der Waals surface area contributed by atoms with Crippen LogP contribution in [0.2, 0.25) is 0 Å². The molecular formula is C16H25ClN2O2. The number of ether oxygens (including phenoxy) is 1. The van der Waals surface area contributed by atoms with Gasteiger partial charge < -0.3 is 15.4 Å². The molecule has 1 saturated heterocycles. The highest BCUT2D eigenvalue weighted by Crippen LogP contribution is 2.28. The highest BCUT2D eigenvalue weighted by molar-refractivity contribution is 5.94. The third kappa shape index (κ3) is 5.56. The monoisotopic (exact) mass is 312 g/mol. The van der Waals surface area contributed by atoms with Gasteiger partial charge in [0.05, 0.1) is 5.69 Å². The van der Waals surface area contributed by atoms with Crippen LogP contribution in [0.15, 0.2) is 24.3 Å². The molecule has 4 nitrogen and oxygen atoms in total. The van der Waals surface area contributed by atoms with Crippen molar-refractivity contribution in [3.63, 3.8) is 0 Å². The predicted octanol–water partition coefficient (Wildman–Crippen LogP) is 3.22. The fraction of sp³-hybridized carbons (Fsp3) is 0.562. The second-order valence-electron chi connectivity index (χ2n) is 6.22. The SMILES string of the molecule is CC(C)(C)Oc1ccccc1NC(=O)C1CCNCC1.Cl. The van der Waals surface area contributed by atoms with Crippen molar-refractivity contribution in [2.45, 2.75) is 39.2 Å². The Labute approximate surface area is 133 Å². The van der Waals surface area contributed by atoms with Crippen molar-refractivity contribution in [3.8, 4) is 5.75 Å². The quantitative estimate of drug-likeness (QED) is 0.901. The van der Waals surface area contributed by atoms with Gasteiger partial charge in [0.15, 0.2) is 0 Å². The van der Waals surface area contributed by atoms with Crippen molar-refractivity contribution in [2.24, 2.45) is 5.92 Å². The fourth-order valence-electron chi connectivity index (χ4n) is 2.31. The third-order valence-corrected chi connectivity index (χ3v) is 3.27. The Morgan fingerprint density at radius 2 is 1.86 bits per heavy atom. The van der Waals surface area contributed by atoms with Gasteiger partial charge >= 0.3 is 0 Å². The number of hydrogen-bond donors (Lipinski definition) is 2. The minimum absolute atomic E-state index is 0. The lowest BCUT2D eigenvalue weighted by molar-refractivity contribution is -0.120. The smallest absolute Gasteiger partial charge is 0.227 e. The molecule has 21 heavy (non-hydrogen) atoms. The second-order valence-corrected chi connectivity index (χ2v) is 6.22. The molecule has 2 N–H and O–H groups in total. The zero-order valence-corrected chi connectivity index (χ0v) is 13.8. The number of amides is 1. The molecule has 118 valence electrons. The number of para-hydroxylation sites is 2. The average Bonchev–Trinajstić information content (AvgIpc) is 2.40. The van der Waals surface area contributed by atoms with Crippen LogP contribution in [0, 0.1) is 5.92 Å². The third-order valence-electron chi connectivity index (χ3n) is 3.27. The lowest BCUT2D eigenvalue weighted by Gasteiger charge is -2.25. The summed E-state index contributed by atoms with van der Waals surface area (Å²) in [5.41, 5.74) is 0.473. The standard InChI is InChI=1S/C16H24N2O2.ClH/c1-16(2,3)20-14-7-5-4-6-13(14)18-15(19)12-8-10-17-11-9-12;/h4-7,12,17H,8-11H2,1-3H3,(H,18,19);1H. The van der Waals surface area contributed by atoms with E-state index in [0.29, 0.717) is 0 Å². The lowest BCUT2D eigenvalue weighted by Crippen LogP contribution is -2.34. The molecule has 1 aliphatic heterocycles. The summed E-state index contributed by atoms with van der Waals surface area (Å²) in [5, 5.41) is 6.28. The van der Waals surface area contributed by atoms with Crippen LogP contribution < -0.4 is 15.4 Å². The van der Waals surface area contributed by atoms with Gasteiger partial charge in [-0.25, -0.2) is 0 Å². The number of carbonyl (C=O) groups excluding carboxylic acids is 1. The predicted molar refractivity (Wildman–Crippen MR) is 88.3 cm³/mol. The highest BCUT2D eigenvalue weighted by Gasteiger charge is 2.22. The molecule has 1 fully saturated rings. The van der Waals surface area contributed by atoms with Gasteiger partial charge in [-0.3, -0.25) is 4.79 Å².